The van der Waals surface area contributed by atoms with E-state index in [2.05, 4.69) is 26.5 Å². The third kappa shape index (κ3) is 5.50. The van der Waals surface area contributed by atoms with Crippen LogP contribution in [-0.4, -0.2) is 58.8 Å². The smallest absolute Gasteiger partial charge is 0.237 e. The normalized spacial score (nSPS) is 17.5. The summed E-state index contributed by atoms with van der Waals surface area (Å²) < 4.78 is 0.685. The molecule has 0 atom stereocenters. The zero-order valence-corrected chi connectivity index (χ0v) is 22.3. The first-order chi connectivity index (χ1) is 17.0. The van der Waals surface area contributed by atoms with Crippen LogP contribution in [0, 0.1) is 0 Å². The minimum Gasteiger partial charge on any atom is -0.368 e. The van der Waals surface area contributed by atoms with E-state index in [9.17, 15) is 9.59 Å². The predicted molar refractivity (Wildman–Crippen MR) is 144 cm³/mol. The van der Waals surface area contributed by atoms with Gasteiger partial charge in [-0.2, -0.15) is 0 Å². The highest BCUT2D eigenvalue weighted by atomic mass is 35.5. The van der Waals surface area contributed by atoms with Crippen LogP contribution in [0.4, 0.5) is 10.8 Å². The molecule has 0 spiro atoms. The molecule has 0 bridgehead atoms. The van der Waals surface area contributed by atoms with Crippen LogP contribution in [0.15, 0.2) is 46.1 Å². The number of nitrogens with one attached hydrogen (secondary N) is 1. The Morgan fingerprint density at radius 3 is 2.49 bits per heavy atom. The van der Waals surface area contributed by atoms with Gasteiger partial charge in [0, 0.05) is 41.8 Å². The van der Waals surface area contributed by atoms with Crippen LogP contribution in [0.1, 0.15) is 30.6 Å². The maximum Gasteiger partial charge on any atom is 0.237 e. The Morgan fingerprint density at radius 1 is 1.06 bits per heavy atom. The molecule has 1 N–H and O–H groups in total. The summed E-state index contributed by atoms with van der Waals surface area (Å²) in [7, 11) is 0. The van der Waals surface area contributed by atoms with E-state index in [1.54, 1.807) is 11.3 Å². The van der Waals surface area contributed by atoms with E-state index < -0.39 is 5.41 Å². The lowest BCUT2D eigenvalue weighted by Gasteiger charge is -2.36. The van der Waals surface area contributed by atoms with Crippen molar-refractivity contribution in [1.29, 1.82) is 0 Å². The molecule has 2 aromatic heterocycles. The van der Waals surface area contributed by atoms with Gasteiger partial charge in [-0.3, -0.25) is 14.9 Å². The molecule has 184 valence electrons. The van der Waals surface area contributed by atoms with Crippen molar-refractivity contribution in [1.82, 2.24) is 15.1 Å². The van der Waals surface area contributed by atoms with Crippen molar-refractivity contribution in [2.45, 2.75) is 35.4 Å². The Bertz CT molecular complexity index is 1150. The van der Waals surface area contributed by atoms with Gasteiger partial charge in [-0.25, -0.2) is 0 Å². The number of thiophene rings is 1. The van der Waals surface area contributed by atoms with Gasteiger partial charge in [-0.05, 0) is 48.6 Å². The molecule has 1 saturated heterocycles. The number of halogens is 1. The monoisotopic (exact) mass is 547 g/mol. The number of anilines is 2. The quantitative estimate of drug-likeness (QED) is 0.326. The highest BCUT2D eigenvalue weighted by Gasteiger charge is 2.43. The number of hydrogen-bond donors (Lipinski definition) is 1. The number of rotatable bonds is 7. The molecule has 2 amide bonds. The summed E-state index contributed by atoms with van der Waals surface area (Å²) in [5, 5.41) is 14.6. The van der Waals surface area contributed by atoms with E-state index in [-0.39, 0.29) is 11.8 Å². The summed E-state index contributed by atoms with van der Waals surface area (Å²) in [4.78, 5) is 31.2. The lowest BCUT2D eigenvalue weighted by molar-refractivity contribution is -0.128. The standard InChI is InChI=1S/C24H26ClN5O2S3/c25-17-5-7-18(8-6-17)29-11-13-30(14-12-29)20(31)16-34-23-28-27-22(35-23)26-21(32)24(9-1-2-10-24)19-4-3-15-33-19/h3-8,15H,1-2,9-14,16H2,(H,26,27,32). The fourth-order valence-electron chi connectivity index (χ4n) is 4.73. The zero-order valence-electron chi connectivity index (χ0n) is 19.1. The number of thioether (sulfide) groups is 1. The summed E-state index contributed by atoms with van der Waals surface area (Å²) in [6, 6.07) is 11.9. The second-order valence-corrected chi connectivity index (χ2v) is 12.3. The molecule has 1 aromatic carbocycles. The number of hydrogen-bond acceptors (Lipinski definition) is 8. The predicted octanol–water partition coefficient (Wildman–Crippen LogP) is 5.14. The third-order valence-electron chi connectivity index (χ3n) is 6.65. The molecule has 1 aliphatic carbocycles. The summed E-state index contributed by atoms with van der Waals surface area (Å²) in [6.45, 7) is 2.95. The first-order valence-corrected chi connectivity index (χ1v) is 14.7. The number of carbonyl (C=O) groups excluding carboxylic acids is 2. The number of nitrogens with zero attached hydrogens (tertiary/aromatic N) is 4. The topological polar surface area (TPSA) is 78.4 Å². The van der Waals surface area contributed by atoms with Crippen molar-refractivity contribution in [2.75, 3.05) is 42.1 Å². The van der Waals surface area contributed by atoms with Crippen molar-refractivity contribution in [3.8, 4) is 0 Å². The van der Waals surface area contributed by atoms with Crippen LogP contribution >= 0.6 is 46.0 Å². The molecule has 5 rings (SSSR count). The molecule has 0 radical (unpaired) electrons. The average molecular weight is 548 g/mol. The lowest BCUT2D eigenvalue weighted by atomic mass is 9.83. The van der Waals surface area contributed by atoms with Crippen molar-refractivity contribution in [2.24, 2.45) is 0 Å². The van der Waals surface area contributed by atoms with E-state index >= 15 is 0 Å². The summed E-state index contributed by atoms with van der Waals surface area (Å²) in [6.07, 6.45) is 3.83. The molecule has 0 unspecified atom stereocenters. The van der Waals surface area contributed by atoms with Crippen LogP contribution in [0.5, 0.6) is 0 Å². The minimum atomic E-state index is -0.461. The highest BCUT2D eigenvalue weighted by Crippen LogP contribution is 2.44. The van der Waals surface area contributed by atoms with Gasteiger partial charge in [0.25, 0.3) is 0 Å². The molecule has 1 saturated carbocycles. The van der Waals surface area contributed by atoms with Crippen molar-refractivity contribution in [3.63, 3.8) is 0 Å². The van der Waals surface area contributed by atoms with Crippen LogP contribution in [-0.2, 0) is 15.0 Å². The zero-order chi connectivity index (χ0) is 24.3. The Labute approximate surface area is 221 Å². The van der Waals surface area contributed by atoms with Gasteiger partial charge in [-0.15, -0.1) is 21.5 Å². The molecule has 3 aromatic rings. The van der Waals surface area contributed by atoms with Crippen LogP contribution in [0.25, 0.3) is 0 Å². The van der Waals surface area contributed by atoms with E-state index in [0.717, 1.165) is 54.4 Å². The first-order valence-electron chi connectivity index (χ1n) is 11.6. The molecule has 11 heteroatoms. The average Bonchev–Trinajstić information content (AvgIpc) is 3.65. The first kappa shape index (κ1) is 24.5. The van der Waals surface area contributed by atoms with Gasteiger partial charge in [-0.1, -0.05) is 53.6 Å². The molecule has 35 heavy (non-hydrogen) atoms. The molecular weight excluding hydrogens is 522 g/mol. The minimum absolute atomic E-state index is 0.000199. The molecule has 2 fully saturated rings. The maximum atomic E-state index is 13.2. The number of aromatic nitrogens is 2. The molecule has 2 aliphatic rings. The van der Waals surface area contributed by atoms with Gasteiger partial charge in [0.05, 0.1) is 11.2 Å². The van der Waals surface area contributed by atoms with Gasteiger partial charge in [0.2, 0.25) is 16.9 Å². The Kier molecular flexibility index (Phi) is 7.62. The van der Waals surface area contributed by atoms with Crippen molar-refractivity contribution < 1.29 is 9.59 Å². The van der Waals surface area contributed by atoms with Crippen LogP contribution < -0.4 is 10.2 Å². The molecule has 3 heterocycles. The van der Waals surface area contributed by atoms with Gasteiger partial charge < -0.3 is 9.80 Å². The van der Waals surface area contributed by atoms with Gasteiger partial charge >= 0.3 is 0 Å². The highest BCUT2D eigenvalue weighted by molar-refractivity contribution is 8.01. The largest absolute Gasteiger partial charge is 0.368 e. The van der Waals surface area contributed by atoms with Gasteiger partial charge in [0.1, 0.15) is 0 Å². The SMILES string of the molecule is O=C(CSc1nnc(NC(=O)C2(c3cccs3)CCCC2)s1)N1CCN(c2ccc(Cl)cc2)CC1. The second-order valence-electron chi connectivity index (χ2n) is 8.73. The van der Waals surface area contributed by atoms with E-state index in [4.69, 9.17) is 11.6 Å². The summed E-state index contributed by atoms with van der Waals surface area (Å²) >= 11 is 10.3. The maximum absolute atomic E-state index is 13.2. The van der Waals surface area contributed by atoms with Crippen molar-refractivity contribution in [3.05, 3.63) is 51.7 Å². The molecule has 7 nitrogen and oxygen atoms in total. The van der Waals surface area contributed by atoms with Gasteiger partial charge in [0.15, 0.2) is 4.34 Å². The Hall–Kier alpha value is -2.14. The summed E-state index contributed by atoms with van der Waals surface area (Å²) in [5.41, 5.74) is 0.662. The number of benzene rings is 1. The van der Waals surface area contributed by atoms with Crippen LogP contribution in [0.2, 0.25) is 5.02 Å². The Morgan fingerprint density at radius 2 is 1.80 bits per heavy atom. The molecular formula is C24H26ClN5O2S3. The fraction of sp³-hybridized carbons (Fsp3) is 0.417. The number of piperazine rings is 1. The summed E-state index contributed by atoms with van der Waals surface area (Å²) in [5.74, 6) is 0.400. The van der Waals surface area contributed by atoms with E-state index in [1.807, 2.05) is 40.6 Å². The van der Waals surface area contributed by atoms with Crippen LogP contribution in [0.3, 0.4) is 0 Å². The van der Waals surface area contributed by atoms with E-state index in [0.29, 0.717) is 28.3 Å². The third-order valence-corrected chi connectivity index (χ3v) is 9.94. The van der Waals surface area contributed by atoms with Crippen molar-refractivity contribution >= 4 is 68.7 Å². The van der Waals surface area contributed by atoms with E-state index in [1.165, 1.54) is 23.1 Å². The second kappa shape index (κ2) is 10.9. The lowest BCUT2D eigenvalue weighted by Crippen LogP contribution is -2.49. The Balaban J connectivity index is 1.11. The molecule has 1 aliphatic heterocycles. The number of amides is 2. The number of carbonyl (C=O) groups is 2. The fourth-order valence-corrected chi connectivity index (χ4v) is 7.49.